The van der Waals surface area contributed by atoms with Crippen molar-refractivity contribution >= 4 is 11.6 Å². The summed E-state index contributed by atoms with van der Waals surface area (Å²) in [4.78, 5) is 14.0. The average Bonchev–Trinajstić information content (AvgIpc) is 2.45. The van der Waals surface area contributed by atoms with Crippen molar-refractivity contribution in [2.24, 2.45) is 0 Å². The van der Waals surface area contributed by atoms with Gasteiger partial charge in [0.1, 0.15) is 0 Å². The van der Waals surface area contributed by atoms with Crippen LogP contribution in [-0.2, 0) is 6.18 Å². The second-order valence-electron chi connectivity index (χ2n) is 4.86. The molecule has 0 unspecified atom stereocenters. The molecule has 0 radical (unpaired) electrons. The summed E-state index contributed by atoms with van der Waals surface area (Å²) < 4.78 is 38.3. The molecule has 0 spiro atoms. The van der Waals surface area contributed by atoms with Crippen molar-refractivity contribution in [1.29, 1.82) is 0 Å². The van der Waals surface area contributed by atoms with Gasteiger partial charge in [-0.25, -0.2) is 0 Å². The number of carbonyl (C=O) groups is 1. The van der Waals surface area contributed by atoms with E-state index in [1.165, 1.54) is 6.07 Å². The van der Waals surface area contributed by atoms with Crippen LogP contribution in [0.1, 0.15) is 35.2 Å². The Morgan fingerprint density at radius 2 is 1.85 bits per heavy atom. The van der Waals surface area contributed by atoms with Gasteiger partial charge in [0.2, 0.25) is 0 Å². The fraction of sp³-hybridized carbons (Fsp3) is 0.500. The van der Waals surface area contributed by atoms with Crippen LogP contribution in [0.25, 0.3) is 0 Å². The maximum Gasteiger partial charge on any atom is 0.416 e. The molecule has 1 N–H and O–H groups in total. The number of alkyl halides is 3. The summed E-state index contributed by atoms with van der Waals surface area (Å²) >= 11 is 0. The number of rotatable bonds is 2. The Kier molecular flexibility index (Phi) is 4.20. The zero-order chi connectivity index (χ0) is 14.8. The number of hydrogen-bond acceptors (Lipinski definition) is 2. The summed E-state index contributed by atoms with van der Waals surface area (Å²) in [5, 5.41) is 2.78. The molecule has 1 aliphatic heterocycles. The van der Waals surface area contributed by atoms with Gasteiger partial charge in [-0.15, -0.1) is 0 Å². The van der Waals surface area contributed by atoms with E-state index in [1.54, 1.807) is 11.9 Å². The van der Waals surface area contributed by atoms with Crippen LogP contribution in [0.3, 0.4) is 0 Å². The summed E-state index contributed by atoms with van der Waals surface area (Å²) in [5.74, 6) is -0.333. The van der Waals surface area contributed by atoms with Gasteiger partial charge < -0.3 is 10.2 Å². The SMILES string of the molecule is CNc1ccc(C(F)(F)F)cc1C(=O)N1CCCCC1. The van der Waals surface area contributed by atoms with Gasteiger partial charge in [0.25, 0.3) is 5.91 Å². The topological polar surface area (TPSA) is 32.3 Å². The highest BCUT2D eigenvalue weighted by molar-refractivity contribution is 5.99. The van der Waals surface area contributed by atoms with Gasteiger partial charge in [-0.1, -0.05) is 0 Å². The molecule has 2 rings (SSSR count). The van der Waals surface area contributed by atoms with E-state index < -0.39 is 11.7 Å². The number of likely N-dealkylation sites (tertiary alicyclic amines) is 1. The van der Waals surface area contributed by atoms with Crippen molar-refractivity contribution in [3.05, 3.63) is 29.3 Å². The molecule has 1 saturated heterocycles. The van der Waals surface area contributed by atoms with Crippen molar-refractivity contribution in [3.63, 3.8) is 0 Å². The number of anilines is 1. The molecule has 20 heavy (non-hydrogen) atoms. The Morgan fingerprint density at radius 1 is 1.20 bits per heavy atom. The predicted octanol–water partition coefficient (Wildman–Crippen LogP) is 3.37. The molecular formula is C14H17F3N2O. The molecule has 1 heterocycles. The molecule has 6 heteroatoms. The average molecular weight is 286 g/mol. The van der Waals surface area contributed by atoms with Crippen LogP contribution < -0.4 is 5.32 Å². The molecule has 1 aliphatic rings. The number of halogens is 3. The molecule has 0 bridgehead atoms. The molecule has 110 valence electrons. The molecule has 3 nitrogen and oxygen atoms in total. The van der Waals surface area contributed by atoms with Gasteiger partial charge in [-0.05, 0) is 37.5 Å². The molecule has 1 fully saturated rings. The monoisotopic (exact) mass is 286 g/mol. The summed E-state index contributed by atoms with van der Waals surface area (Å²) in [6.45, 7) is 1.22. The summed E-state index contributed by atoms with van der Waals surface area (Å²) in [7, 11) is 1.59. The van der Waals surface area contributed by atoms with Crippen LogP contribution in [-0.4, -0.2) is 30.9 Å². The maximum atomic E-state index is 12.8. The third-order valence-corrected chi connectivity index (χ3v) is 3.49. The van der Waals surface area contributed by atoms with Crippen molar-refractivity contribution in [2.75, 3.05) is 25.5 Å². The third kappa shape index (κ3) is 3.05. The van der Waals surface area contributed by atoms with Crippen LogP contribution in [0.15, 0.2) is 18.2 Å². The lowest BCUT2D eigenvalue weighted by molar-refractivity contribution is -0.137. The lowest BCUT2D eigenvalue weighted by Crippen LogP contribution is -2.36. The number of benzene rings is 1. The Bertz CT molecular complexity index is 494. The fourth-order valence-corrected chi connectivity index (χ4v) is 2.38. The Balaban J connectivity index is 2.34. The van der Waals surface area contributed by atoms with E-state index in [-0.39, 0.29) is 11.5 Å². The Labute approximate surface area is 115 Å². The second-order valence-corrected chi connectivity index (χ2v) is 4.86. The predicted molar refractivity (Wildman–Crippen MR) is 70.7 cm³/mol. The van der Waals surface area contributed by atoms with E-state index in [0.29, 0.717) is 18.8 Å². The quantitative estimate of drug-likeness (QED) is 0.904. The van der Waals surface area contributed by atoms with Crippen molar-refractivity contribution < 1.29 is 18.0 Å². The van der Waals surface area contributed by atoms with Crippen LogP contribution in [0, 0.1) is 0 Å². The largest absolute Gasteiger partial charge is 0.416 e. The number of amides is 1. The van der Waals surface area contributed by atoms with Gasteiger partial charge in [0.05, 0.1) is 11.1 Å². The number of nitrogens with one attached hydrogen (secondary N) is 1. The first-order chi connectivity index (χ1) is 9.43. The highest BCUT2D eigenvalue weighted by Crippen LogP contribution is 2.32. The zero-order valence-corrected chi connectivity index (χ0v) is 11.3. The van der Waals surface area contributed by atoms with Crippen molar-refractivity contribution in [1.82, 2.24) is 4.90 Å². The first-order valence-electron chi connectivity index (χ1n) is 6.62. The maximum absolute atomic E-state index is 12.8. The standard InChI is InChI=1S/C14H17F3N2O/c1-18-12-6-5-10(14(15,16)17)9-11(12)13(20)19-7-3-2-4-8-19/h5-6,9,18H,2-4,7-8H2,1H3. The van der Waals surface area contributed by atoms with Gasteiger partial charge in [0.15, 0.2) is 0 Å². The van der Waals surface area contributed by atoms with E-state index in [2.05, 4.69) is 5.32 Å². The van der Waals surface area contributed by atoms with E-state index in [0.717, 1.165) is 31.4 Å². The van der Waals surface area contributed by atoms with Gasteiger partial charge in [0, 0.05) is 25.8 Å². The van der Waals surface area contributed by atoms with Crippen molar-refractivity contribution in [2.45, 2.75) is 25.4 Å². The van der Waals surface area contributed by atoms with Crippen LogP contribution >= 0.6 is 0 Å². The molecular weight excluding hydrogens is 269 g/mol. The molecule has 1 aromatic carbocycles. The molecule has 0 aliphatic carbocycles. The van der Waals surface area contributed by atoms with Crippen LogP contribution in [0.5, 0.6) is 0 Å². The van der Waals surface area contributed by atoms with Crippen LogP contribution in [0.4, 0.5) is 18.9 Å². The number of piperidine rings is 1. The highest BCUT2D eigenvalue weighted by atomic mass is 19.4. The fourth-order valence-electron chi connectivity index (χ4n) is 2.38. The first kappa shape index (κ1) is 14.7. The second kappa shape index (κ2) is 5.73. The minimum absolute atomic E-state index is 0.0872. The summed E-state index contributed by atoms with van der Waals surface area (Å²) in [6.07, 6.45) is -1.58. The minimum Gasteiger partial charge on any atom is -0.387 e. The van der Waals surface area contributed by atoms with E-state index in [4.69, 9.17) is 0 Å². The smallest absolute Gasteiger partial charge is 0.387 e. The lowest BCUT2D eigenvalue weighted by atomic mass is 10.0. The van der Waals surface area contributed by atoms with Crippen LogP contribution in [0.2, 0.25) is 0 Å². The van der Waals surface area contributed by atoms with E-state index in [9.17, 15) is 18.0 Å². The first-order valence-corrected chi connectivity index (χ1v) is 6.62. The lowest BCUT2D eigenvalue weighted by Gasteiger charge is -2.27. The van der Waals surface area contributed by atoms with Crippen molar-refractivity contribution in [3.8, 4) is 0 Å². The number of carbonyl (C=O) groups excluding carboxylic acids is 1. The third-order valence-electron chi connectivity index (χ3n) is 3.49. The van der Waals surface area contributed by atoms with Gasteiger partial charge >= 0.3 is 6.18 Å². The Hall–Kier alpha value is -1.72. The van der Waals surface area contributed by atoms with Gasteiger partial charge in [-0.3, -0.25) is 4.79 Å². The molecule has 0 saturated carbocycles. The number of hydrogen-bond donors (Lipinski definition) is 1. The molecule has 1 amide bonds. The Morgan fingerprint density at radius 3 is 2.40 bits per heavy atom. The zero-order valence-electron chi connectivity index (χ0n) is 11.3. The molecule has 1 aromatic rings. The normalized spacial score (nSPS) is 16.1. The number of nitrogens with zero attached hydrogens (tertiary/aromatic N) is 1. The van der Waals surface area contributed by atoms with E-state index in [1.807, 2.05) is 0 Å². The molecule has 0 atom stereocenters. The highest BCUT2D eigenvalue weighted by Gasteiger charge is 2.32. The summed E-state index contributed by atoms with van der Waals surface area (Å²) in [6, 6.07) is 3.22. The van der Waals surface area contributed by atoms with E-state index >= 15 is 0 Å². The summed E-state index contributed by atoms with van der Waals surface area (Å²) in [5.41, 5.74) is -0.283. The minimum atomic E-state index is -4.44. The molecule has 0 aromatic heterocycles. The van der Waals surface area contributed by atoms with Gasteiger partial charge in [-0.2, -0.15) is 13.2 Å².